The van der Waals surface area contributed by atoms with Crippen LogP contribution in [-0.4, -0.2) is 11.1 Å². The molecule has 1 aliphatic rings. The molecular weight excluding hydrogens is 142 g/mol. The van der Waals surface area contributed by atoms with E-state index in [0.29, 0.717) is 0 Å². The smallest absolute Gasteiger partial charge is 0.306 e. The fraction of sp³-hybridized carbons (Fsp3) is 0.750. The summed E-state index contributed by atoms with van der Waals surface area (Å²) in [5.74, 6) is -0.619. The molecule has 3 heteroatoms. The van der Waals surface area contributed by atoms with Crippen LogP contribution in [0.25, 0.3) is 0 Å². The average Bonchev–Trinajstić information content (AvgIpc) is 1.92. The van der Waals surface area contributed by atoms with E-state index in [1.807, 2.05) is 13.8 Å². The van der Waals surface area contributed by atoms with Crippen molar-refractivity contribution in [3.63, 3.8) is 0 Å². The molecule has 0 aromatic carbocycles. The highest BCUT2D eigenvalue weighted by Crippen LogP contribution is 2.25. The third-order valence-electron chi connectivity index (χ3n) is 1.45. The Morgan fingerprint density at radius 1 is 1.45 bits per heavy atom. The van der Waals surface area contributed by atoms with Gasteiger partial charge in [0.2, 0.25) is 0 Å². The summed E-state index contributed by atoms with van der Waals surface area (Å²) in [5, 5.41) is 14.7. The van der Waals surface area contributed by atoms with Crippen molar-refractivity contribution in [1.82, 2.24) is 0 Å². The summed E-state index contributed by atoms with van der Waals surface area (Å²) in [7, 11) is 0. The second-order valence-electron chi connectivity index (χ2n) is 1.97. The minimum atomic E-state index is -0.619. The molecule has 0 bridgehead atoms. The molecule has 1 rings (SSSR count). The molecule has 1 saturated carbocycles. The Kier molecular flexibility index (Phi) is 10.3. The molecule has 64 valence electrons. The third-order valence-corrected chi connectivity index (χ3v) is 1.45. The molecule has 0 aliphatic heterocycles. The largest absolute Gasteiger partial charge is 0.481 e. The SMILES string of the molecule is C#N.CC.O=C(O)C1CCC1. The Morgan fingerprint density at radius 2 is 1.82 bits per heavy atom. The van der Waals surface area contributed by atoms with Crippen molar-refractivity contribution in [3.05, 3.63) is 0 Å². The number of carbonyl (C=O) groups is 1. The molecule has 0 atom stereocenters. The summed E-state index contributed by atoms with van der Waals surface area (Å²) in [5.41, 5.74) is 0. The van der Waals surface area contributed by atoms with E-state index in [9.17, 15) is 4.79 Å². The van der Waals surface area contributed by atoms with E-state index in [1.165, 1.54) is 0 Å². The maximum absolute atomic E-state index is 9.98. The fourth-order valence-corrected chi connectivity index (χ4v) is 0.655. The molecule has 1 aliphatic carbocycles. The molecule has 0 aromatic heterocycles. The second kappa shape index (κ2) is 8.96. The molecule has 1 N–H and O–H groups in total. The molecule has 3 nitrogen and oxygen atoms in total. The summed E-state index contributed by atoms with van der Waals surface area (Å²) in [6.45, 7) is 7.50. The third kappa shape index (κ3) is 5.41. The van der Waals surface area contributed by atoms with Crippen LogP contribution in [0.2, 0.25) is 0 Å². The topological polar surface area (TPSA) is 61.1 Å². The van der Waals surface area contributed by atoms with Crippen LogP contribution in [0.15, 0.2) is 0 Å². The zero-order valence-electron chi connectivity index (χ0n) is 7.08. The van der Waals surface area contributed by atoms with Gasteiger partial charge < -0.3 is 5.11 Å². The zero-order valence-corrected chi connectivity index (χ0v) is 7.08. The number of carboxylic acid groups (broad SMARTS) is 1. The molecule has 1 fully saturated rings. The van der Waals surface area contributed by atoms with Crippen LogP contribution in [-0.2, 0) is 4.79 Å². The minimum Gasteiger partial charge on any atom is -0.481 e. The minimum absolute atomic E-state index is 0.000000000000000444. The van der Waals surface area contributed by atoms with Gasteiger partial charge in [0.05, 0.1) is 5.92 Å². The van der Waals surface area contributed by atoms with E-state index < -0.39 is 5.97 Å². The summed E-state index contributed by atoms with van der Waals surface area (Å²) in [6.07, 6.45) is 2.90. The van der Waals surface area contributed by atoms with E-state index >= 15 is 0 Å². The van der Waals surface area contributed by atoms with Crippen molar-refractivity contribution < 1.29 is 9.90 Å². The van der Waals surface area contributed by atoms with Crippen LogP contribution in [0.1, 0.15) is 33.1 Å². The van der Waals surface area contributed by atoms with Crippen molar-refractivity contribution in [2.24, 2.45) is 5.92 Å². The molecule has 0 aromatic rings. The predicted molar refractivity (Wildman–Crippen MR) is 43.0 cm³/mol. The first kappa shape index (κ1) is 12.6. The monoisotopic (exact) mass is 157 g/mol. The lowest BCUT2D eigenvalue weighted by atomic mass is 9.86. The molecule has 0 unspecified atom stereocenters. The van der Waals surface area contributed by atoms with E-state index in [-0.39, 0.29) is 5.92 Å². The maximum atomic E-state index is 9.98. The van der Waals surface area contributed by atoms with Crippen LogP contribution in [0, 0.1) is 17.8 Å². The van der Waals surface area contributed by atoms with Crippen LogP contribution in [0.4, 0.5) is 0 Å². The van der Waals surface area contributed by atoms with E-state index in [1.54, 1.807) is 0 Å². The zero-order chi connectivity index (χ0) is 9.28. The first-order valence-corrected chi connectivity index (χ1v) is 3.79. The summed E-state index contributed by atoms with van der Waals surface area (Å²) >= 11 is 0. The number of nitrogens with zero attached hydrogens (tertiary/aromatic N) is 1. The number of carboxylic acids is 1. The van der Waals surface area contributed by atoms with Gasteiger partial charge in [-0.15, -0.1) is 0 Å². The molecule has 0 heterocycles. The van der Waals surface area contributed by atoms with Gasteiger partial charge in [0.15, 0.2) is 0 Å². The number of hydrogen-bond donors (Lipinski definition) is 1. The number of nitriles is 1. The Morgan fingerprint density at radius 3 is 1.82 bits per heavy atom. The molecule has 11 heavy (non-hydrogen) atoms. The highest BCUT2D eigenvalue weighted by molar-refractivity contribution is 5.70. The Balaban J connectivity index is 0. The van der Waals surface area contributed by atoms with Crippen LogP contribution in [0.5, 0.6) is 0 Å². The van der Waals surface area contributed by atoms with Gasteiger partial charge in [0.25, 0.3) is 0 Å². The van der Waals surface area contributed by atoms with Crippen LogP contribution >= 0.6 is 0 Å². The van der Waals surface area contributed by atoms with Crippen LogP contribution in [0.3, 0.4) is 0 Å². The molecule has 0 amide bonds. The van der Waals surface area contributed by atoms with Gasteiger partial charge in [-0.3, -0.25) is 4.79 Å². The van der Waals surface area contributed by atoms with E-state index in [0.717, 1.165) is 19.3 Å². The van der Waals surface area contributed by atoms with Gasteiger partial charge in [-0.25, -0.2) is 5.26 Å². The Bertz CT molecular complexity index is 117. The first-order chi connectivity index (χ1) is 5.30. The van der Waals surface area contributed by atoms with Crippen LogP contribution < -0.4 is 0 Å². The van der Waals surface area contributed by atoms with Gasteiger partial charge in [0.1, 0.15) is 0 Å². The van der Waals surface area contributed by atoms with Gasteiger partial charge in [0, 0.05) is 6.57 Å². The van der Waals surface area contributed by atoms with Gasteiger partial charge >= 0.3 is 5.97 Å². The molecular formula is C8H15NO2. The van der Waals surface area contributed by atoms with E-state index in [4.69, 9.17) is 10.4 Å². The highest BCUT2D eigenvalue weighted by atomic mass is 16.4. The van der Waals surface area contributed by atoms with Gasteiger partial charge in [-0.1, -0.05) is 20.3 Å². The van der Waals surface area contributed by atoms with Crippen molar-refractivity contribution >= 4 is 5.97 Å². The predicted octanol–water partition coefficient (Wildman–Crippen LogP) is 2.04. The second-order valence-corrected chi connectivity index (χ2v) is 1.97. The number of rotatable bonds is 1. The number of hydrogen-bond acceptors (Lipinski definition) is 2. The summed E-state index contributed by atoms with van der Waals surface area (Å²) in [6, 6.07) is 0. The van der Waals surface area contributed by atoms with Crippen molar-refractivity contribution in [1.29, 1.82) is 5.26 Å². The normalized spacial score (nSPS) is 14.2. The quantitative estimate of drug-likeness (QED) is 0.633. The standard InChI is InChI=1S/C5H8O2.C2H6.CHN/c6-5(7)4-2-1-3-4;2*1-2/h4H,1-3H2,(H,6,7);1-2H3;1H. The summed E-state index contributed by atoms with van der Waals surface area (Å²) < 4.78 is 0. The lowest BCUT2D eigenvalue weighted by molar-refractivity contribution is -0.144. The molecule has 0 saturated heterocycles. The summed E-state index contributed by atoms with van der Waals surface area (Å²) in [4.78, 5) is 9.98. The van der Waals surface area contributed by atoms with Gasteiger partial charge in [-0.05, 0) is 12.8 Å². The van der Waals surface area contributed by atoms with Crippen molar-refractivity contribution in [3.8, 4) is 6.57 Å². The molecule has 0 spiro atoms. The van der Waals surface area contributed by atoms with Crippen molar-refractivity contribution in [2.45, 2.75) is 33.1 Å². The number of aliphatic carboxylic acids is 1. The lowest BCUT2D eigenvalue weighted by Crippen LogP contribution is -2.20. The molecule has 0 radical (unpaired) electrons. The van der Waals surface area contributed by atoms with E-state index in [2.05, 4.69) is 6.57 Å². The Labute approximate surface area is 67.6 Å². The highest BCUT2D eigenvalue weighted by Gasteiger charge is 2.23. The lowest BCUT2D eigenvalue weighted by Gasteiger charge is -2.19. The Hall–Kier alpha value is -1.04. The maximum Gasteiger partial charge on any atom is 0.306 e. The van der Waals surface area contributed by atoms with Crippen molar-refractivity contribution in [2.75, 3.05) is 0 Å². The average molecular weight is 157 g/mol. The fourth-order valence-electron chi connectivity index (χ4n) is 0.655. The first-order valence-electron chi connectivity index (χ1n) is 3.79. The van der Waals surface area contributed by atoms with Gasteiger partial charge in [-0.2, -0.15) is 0 Å².